The summed E-state index contributed by atoms with van der Waals surface area (Å²) in [4.78, 5) is 24.9. The number of anilines is 3. The van der Waals surface area contributed by atoms with E-state index in [2.05, 4.69) is 25.6 Å². The van der Waals surface area contributed by atoms with Crippen LogP contribution in [0.4, 0.5) is 29.9 Å². The minimum absolute atomic E-state index is 0.0253. The number of aromatic nitrogens is 3. The molecule has 0 radical (unpaired) electrons. The molecule has 152 valence electrons. The molecule has 28 heavy (non-hydrogen) atoms. The van der Waals surface area contributed by atoms with Gasteiger partial charge in [-0.2, -0.15) is 18.2 Å². The van der Waals surface area contributed by atoms with Crippen molar-refractivity contribution < 1.29 is 26.2 Å². The lowest BCUT2D eigenvalue weighted by molar-refractivity contribution is -0.137. The highest BCUT2D eigenvalue weighted by Gasteiger charge is 2.45. The molecule has 2 N–H and O–H groups in total. The van der Waals surface area contributed by atoms with Crippen molar-refractivity contribution in [2.75, 3.05) is 30.7 Å². The van der Waals surface area contributed by atoms with Gasteiger partial charge >= 0.3 is 6.18 Å². The second-order valence-electron chi connectivity index (χ2n) is 5.86. The van der Waals surface area contributed by atoms with Gasteiger partial charge in [0.25, 0.3) is 0 Å². The molecule has 0 aliphatic carbocycles. The summed E-state index contributed by atoms with van der Waals surface area (Å²) in [7, 11) is 0. The maximum atomic E-state index is 13.2. The zero-order chi connectivity index (χ0) is 25.7. The summed E-state index contributed by atoms with van der Waals surface area (Å²) < 4.78 is 86.0. The number of likely N-dealkylation sites (N-methyl/N-ethyl adjacent to an activating group) is 1. The van der Waals surface area contributed by atoms with Crippen molar-refractivity contribution >= 4 is 45.6 Å². The second-order valence-corrected chi connectivity index (χ2v) is 7.22. The van der Waals surface area contributed by atoms with Crippen LogP contribution in [0.1, 0.15) is 39.0 Å². The fraction of sp³-hybridized carbons (Fsp3) is 0.500. The van der Waals surface area contributed by atoms with Crippen LogP contribution in [0.15, 0.2) is 6.20 Å². The average Bonchev–Trinajstić information content (AvgIpc) is 3.21. The zero-order valence-electron chi connectivity index (χ0n) is 20.3. The molecule has 1 aliphatic rings. The highest BCUT2D eigenvalue weighted by Crippen LogP contribution is 2.42. The molecule has 3 heterocycles. The molecule has 2 aromatic heterocycles. The van der Waals surface area contributed by atoms with Crippen LogP contribution >= 0.6 is 22.9 Å². The topological polar surface area (TPSA) is 83.0 Å². The van der Waals surface area contributed by atoms with Crippen LogP contribution in [0.3, 0.4) is 0 Å². The molecular formula is C16H18ClF3N6OS. The average molecular weight is 441 g/mol. The van der Waals surface area contributed by atoms with Crippen molar-refractivity contribution in [2.24, 2.45) is 0 Å². The molecule has 0 aromatic carbocycles. The van der Waals surface area contributed by atoms with E-state index < -0.39 is 42.7 Å². The number of nitrogens with zero attached hydrogens (tertiary/aromatic N) is 4. The Bertz CT molecular complexity index is 1090. The molecule has 1 atom stereocenters. The first-order chi connectivity index (χ1) is 15.5. The molecule has 0 unspecified atom stereocenters. The molecule has 1 aliphatic heterocycles. The summed E-state index contributed by atoms with van der Waals surface area (Å²) in [5, 5.41) is 4.52. The first kappa shape index (κ1) is 13.9. The SMILES string of the molecule is [2H]C([2H])([2H])N1CC[C@@](c2nc(Cl)c(Nc3ncc(C(F)(F)F)c(NCC)n3)s2)(C([2H])([2H])[2H])C1=O. The van der Waals surface area contributed by atoms with E-state index in [4.69, 9.17) is 19.8 Å². The number of thiazole rings is 1. The van der Waals surface area contributed by atoms with Crippen LogP contribution < -0.4 is 10.6 Å². The van der Waals surface area contributed by atoms with Crippen LogP contribution in [-0.4, -0.2) is 45.8 Å². The lowest BCUT2D eigenvalue weighted by atomic mass is 9.90. The number of amides is 1. The standard InChI is InChI=1S/C16H18ClF3N6OS/c1-4-21-10-8(16(18,19)20)7-22-14(24-10)25-11-9(17)23-12(28-11)15(2)5-6-26(3)13(15)27/h7H,4-6H2,1-3H3,(H2,21,22,24,25)/t15-/m1/s1/i2D3,3D3. The lowest BCUT2D eigenvalue weighted by Crippen LogP contribution is -2.33. The first-order valence-corrected chi connectivity index (χ1v) is 9.16. The maximum absolute atomic E-state index is 13.2. The number of hydrogen-bond acceptors (Lipinski definition) is 7. The number of carbonyl (C=O) groups is 1. The highest BCUT2D eigenvalue weighted by molar-refractivity contribution is 7.16. The summed E-state index contributed by atoms with van der Waals surface area (Å²) >= 11 is 6.78. The Morgan fingerprint density at radius 2 is 2.25 bits per heavy atom. The third-order valence-corrected chi connectivity index (χ3v) is 5.45. The minimum atomic E-state index is -4.70. The Morgan fingerprint density at radius 1 is 1.46 bits per heavy atom. The van der Waals surface area contributed by atoms with Gasteiger partial charge in [-0.1, -0.05) is 22.9 Å². The monoisotopic (exact) mass is 440 g/mol. The Hall–Kier alpha value is -2.14. The Balaban J connectivity index is 2.01. The number of rotatable bonds is 5. The van der Waals surface area contributed by atoms with Crippen molar-refractivity contribution in [2.45, 2.75) is 31.8 Å². The van der Waals surface area contributed by atoms with Crippen LogP contribution in [0.2, 0.25) is 5.15 Å². The van der Waals surface area contributed by atoms with E-state index in [0.717, 1.165) is 0 Å². The Labute approximate surface area is 176 Å². The highest BCUT2D eigenvalue weighted by atomic mass is 35.5. The normalized spacial score (nSPS) is 24.0. The van der Waals surface area contributed by atoms with E-state index in [9.17, 15) is 18.0 Å². The fourth-order valence-electron chi connectivity index (χ4n) is 2.53. The van der Waals surface area contributed by atoms with Crippen LogP contribution in [0, 0.1) is 0 Å². The number of alkyl halides is 3. The van der Waals surface area contributed by atoms with Crippen molar-refractivity contribution in [1.29, 1.82) is 0 Å². The third-order valence-electron chi connectivity index (χ3n) is 3.94. The van der Waals surface area contributed by atoms with Gasteiger partial charge in [-0.05, 0) is 20.2 Å². The predicted molar refractivity (Wildman–Crippen MR) is 101 cm³/mol. The second kappa shape index (κ2) is 7.36. The number of halogens is 4. The molecule has 7 nitrogen and oxygen atoms in total. The molecule has 3 rings (SSSR count). The summed E-state index contributed by atoms with van der Waals surface area (Å²) in [6, 6.07) is 0. The molecule has 0 saturated carbocycles. The fourth-order valence-corrected chi connectivity index (χ4v) is 3.79. The predicted octanol–water partition coefficient (Wildman–Crippen LogP) is 3.90. The van der Waals surface area contributed by atoms with Crippen LogP contribution in [0.5, 0.6) is 0 Å². The summed E-state index contributed by atoms with van der Waals surface area (Å²) in [6.45, 7) is -4.40. The van der Waals surface area contributed by atoms with Gasteiger partial charge in [0.2, 0.25) is 11.9 Å². The van der Waals surface area contributed by atoms with Crippen LogP contribution in [-0.2, 0) is 16.4 Å². The van der Waals surface area contributed by atoms with E-state index in [0.29, 0.717) is 22.4 Å². The largest absolute Gasteiger partial charge is 0.421 e. The lowest BCUT2D eigenvalue weighted by Gasteiger charge is -2.18. The first-order valence-electron chi connectivity index (χ1n) is 11.0. The molecule has 1 saturated heterocycles. The van der Waals surface area contributed by atoms with E-state index in [-0.39, 0.29) is 40.6 Å². The molecule has 1 amide bonds. The molecular weight excluding hydrogens is 417 g/mol. The van der Waals surface area contributed by atoms with Gasteiger partial charge in [0.05, 0.1) is 5.41 Å². The Kier molecular flexibility index (Phi) is 3.66. The van der Waals surface area contributed by atoms with Gasteiger partial charge in [0.1, 0.15) is 21.4 Å². The minimum Gasteiger partial charge on any atom is -0.370 e. The molecule has 0 bridgehead atoms. The number of carbonyl (C=O) groups excluding carboxylic acids is 1. The Morgan fingerprint density at radius 3 is 2.86 bits per heavy atom. The summed E-state index contributed by atoms with van der Waals surface area (Å²) in [6.07, 6.45) is -4.47. The number of hydrogen-bond donors (Lipinski definition) is 2. The van der Waals surface area contributed by atoms with Gasteiger partial charge < -0.3 is 15.5 Å². The van der Waals surface area contributed by atoms with Gasteiger partial charge in [0, 0.05) is 34.5 Å². The van der Waals surface area contributed by atoms with E-state index in [1.54, 1.807) is 6.92 Å². The van der Waals surface area contributed by atoms with E-state index >= 15 is 0 Å². The zero-order valence-corrected chi connectivity index (χ0v) is 15.9. The number of likely N-dealkylation sites (tertiary alicyclic amines) is 1. The molecule has 12 heteroatoms. The molecule has 1 fully saturated rings. The van der Waals surface area contributed by atoms with E-state index in [1.807, 2.05) is 0 Å². The third kappa shape index (κ3) is 3.72. The smallest absolute Gasteiger partial charge is 0.370 e. The van der Waals surface area contributed by atoms with Gasteiger partial charge in [-0.25, -0.2) is 9.97 Å². The van der Waals surface area contributed by atoms with Gasteiger partial charge in [-0.3, -0.25) is 4.79 Å². The number of nitrogens with one attached hydrogen (secondary N) is 2. The molecule has 0 spiro atoms. The van der Waals surface area contributed by atoms with Crippen LogP contribution in [0.25, 0.3) is 0 Å². The van der Waals surface area contributed by atoms with Crippen molar-refractivity contribution in [1.82, 2.24) is 19.9 Å². The quantitative estimate of drug-likeness (QED) is 0.733. The van der Waals surface area contributed by atoms with Crippen molar-refractivity contribution in [3.05, 3.63) is 21.9 Å². The van der Waals surface area contributed by atoms with Crippen molar-refractivity contribution in [3.63, 3.8) is 0 Å². The summed E-state index contributed by atoms with van der Waals surface area (Å²) in [5.74, 6) is -1.90. The van der Waals surface area contributed by atoms with Gasteiger partial charge in [-0.15, -0.1) is 0 Å². The summed E-state index contributed by atoms with van der Waals surface area (Å²) in [5.41, 5.74) is -3.33. The maximum Gasteiger partial charge on any atom is 0.421 e. The van der Waals surface area contributed by atoms with Crippen molar-refractivity contribution in [3.8, 4) is 0 Å². The van der Waals surface area contributed by atoms with E-state index in [1.165, 1.54) is 0 Å². The van der Waals surface area contributed by atoms with Gasteiger partial charge in [0.15, 0.2) is 5.15 Å². The molecule has 2 aromatic rings.